The predicted molar refractivity (Wildman–Crippen MR) is 78.9 cm³/mol. The van der Waals surface area contributed by atoms with Crippen LogP contribution in [0.15, 0.2) is 24.3 Å². The Bertz CT molecular complexity index is 592. The minimum atomic E-state index is -4.13. The molecule has 0 spiro atoms. The average molecular weight is 315 g/mol. The van der Waals surface area contributed by atoms with Gasteiger partial charge in [-0.05, 0) is 19.1 Å². The van der Waals surface area contributed by atoms with E-state index in [2.05, 4.69) is 9.88 Å². The van der Waals surface area contributed by atoms with Crippen LogP contribution in [0.25, 0.3) is 10.2 Å². The molecule has 1 fully saturated rings. The molecule has 3 rings (SSSR count). The quantitative estimate of drug-likeness (QED) is 0.847. The number of anilines is 1. The van der Waals surface area contributed by atoms with Crippen molar-refractivity contribution in [2.45, 2.75) is 19.1 Å². The van der Waals surface area contributed by atoms with Crippen molar-refractivity contribution in [2.75, 3.05) is 31.1 Å². The van der Waals surface area contributed by atoms with Crippen molar-refractivity contribution in [3.63, 3.8) is 0 Å². The number of nitrogens with zero attached hydrogens (tertiary/aromatic N) is 3. The molecule has 1 aliphatic rings. The highest BCUT2D eigenvalue weighted by Crippen LogP contribution is 2.30. The van der Waals surface area contributed by atoms with Gasteiger partial charge in [0.05, 0.1) is 16.8 Å². The lowest BCUT2D eigenvalue weighted by atomic mass is 10.2. The molecule has 3 nitrogen and oxygen atoms in total. The van der Waals surface area contributed by atoms with Gasteiger partial charge in [0, 0.05) is 25.7 Å². The van der Waals surface area contributed by atoms with Crippen LogP contribution in [0.2, 0.25) is 0 Å². The largest absolute Gasteiger partial charge is 0.401 e. The van der Waals surface area contributed by atoms with Gasteiger partial charge in [0.15, 0.2) is 5.13 Å². The Labute approximate surface area is 125 Å². The molecule has 1 aromatic heterocycles. The zero-order valence-corrected chi connectivity index (χ0v) is 12.4. The molecule has 1 aromatic carbocycles. The second kappa shape index (κ2) is 5.46. The first kappa shape index (κ1) is 14.6. The van der Waals surface area contributed by atoms with E-state index in [9.17, 15) is 13.2 Å². The Morgan fingerprint density at radius 1 is 1.29 bits per heavy atom. The molecule has 114 valence electrons. The molecule has 2 heterocycles. The minimum absolute atomic E-state index is 0.132. The fourth-order valence-corrected chi connectivity index (χ4v) is 3.63. The number of rotatable bonds is 2. The zero-order valence-electron chi connectivity index (χ0n) is 11.6. The summed E-state index contributed by atoms with van der Waals surface area (Å²) in [6.45, 7) is 2.58. The van der Waals surface area contributed by atoms with Gasteiger partial charge in [0.25, 0.3) is 0 Å². The third-order valence-corrected chi connectivity index (χ3v) is 4.80. The van der Waals surface area contributed by atoms with Gasteiger partial charge >= 0.3 is 6.18 Å². The second-order valence-corrected chi connectivity index (χ2v) is 6.35. The summed E-state index contributed by atoms with van der Waals surface area (Å²) in [6.07, 6.45) is -4.13. The topological polar surface area (TPSA) is 19.4 Å². The molecular weight excluding hydrogens is 299 g/mol. The van der Waals surface area contributed by atoms with Crippen LogP contribution in [0.5, 0.6) is 0 Å². The molecule has 21 heavy (non-hydrogen) atoms. The van der Waals surface area contributed by atoms with Crippen molar-refractivity contribution in [1.82, 2.24) is 9.88 Å². The number of benzene rings is 1. The highest BCUT2D eigenvalue weighted by atomic mass is 32.1. The van der Waals surface area contributed by atoms with Gasteiger partial charge < -0.3 is 4.90 Å². The molecule has 2 aromatic rings. The van der Waals surface area contributed by atoms with Gasteiger partial charge in [0.2, 0.25) is 0 Å². The van der Waals surface area contributed by atoms with Gasteiger partial charge in [-0.25, -0.2) is 4.98 Å². The van der Waals surface area contributed by atoms with Crippen molar-refractivity contribution < 1.29 is 13.2 Å². The highest BCUT2D eigenvalue weighted by Gasteiger charge is 2.35. The van der Waals surface area contributed by atoms with E-state index in [-0.39, 0.29) is 6.04 Å². The predicted octanol–water partition coefficient (Wildman–Crippen LogP) is 3.37. The molecule has 7 heteroatoms. The summed E-state index contributed by atoms with van der Waals surface area (Å²) in [6, 6.07) is 7.75. The van der Waals surface area contributed by atoms with E-state index in [4.69, 9.17) is 0 Å². The third kappa shape index (κ3) is 3.29. The van der Waals surface area contributed by atoms with Crippen LogP contribution in [-0.2, 0) is 0 Å². The molecule has 1 unspecified atom stereocenters. The minimum Gasteiger partial charge on any atom is -0.345 e. The maximum Gasteiger partial charge on any atom is 0.401 e. The standard InChI is InChI=1S/C14H16F3N3S/c1-10-8-19(6-7-20(10)9-14(15,16)17)13-18-11-4-2-3-5-12(11)21-13/h2-5,10H,6-9H2,1H3. The maximum absolute atomic E-state index is 12.5. The van der Waals surface area contributed by atoms with Gasteiger partial charge in [-0.2, -0.15) is 13.2 Å². The molecule has 0 N–H and O–H groups in total. The summed E-state index contributed by atoms with van der Waals surface area (Å²) in [5, 5.41) is 0.898. The van der Waals surface area contributed by atoms with Crippen LogP contribution in [0.1, 0.15) is 6.92 Å². The molecule has 0 saturated carbocycles. The summed E-state index contributed by atoms with van der Waals surface area (Å²) in [4.78, 5) is 8.15. The smallest absolute Gasteiger partial charge is 0.345 e. The van der Waals surface area contributed by atoms with Gasteiger partial charge in [-0.1, -0.05) is 23.5 Å². The number of hydrogen-bond acceptors (Lipinski definition) is 4. The van der Waals surface area contributed by atoms with E-state index in [0.717, 1.165) is 15.3 Å². The average Bonchev–Trinajstić information content (AvgIpc) is 2.83. The molecular formula is C14H16F3N3S. The fourth-order valence-electron chi connectivity index (χ4n) is 2.63. The van der Waals surface area contributed by atoms with Gasteiger partial charge in [-0.15, -0.1) is 0 Å². The van der Waals surface area contributed by atoms with Gasteiger partial charge in [0.1, 0.15) is 0 Å². The Kier molecular flexibility index (Phi) is 3.79. The normalized spacial score (nSPS) is 21.1. The number of aromatic nitrogens is 1. The Balaban J connectivity index is 1.72. The van der Waals surface area contributed by atoms with Crippen molar-refractivity contribution in [3.8, 4) is 0 Å². The number of fused-ring (bicyclic) bond motifs is 1. The first-order valence-corrected chi connectivity index (χ1v) is 7.65. The zero-order chi connectivity index (χ0) is 15.0. The lowest BCUT2D eigenvalue weighted by Crippen LogP contribution is -2.54. The van der Waals surface area contributed by atoms with E-state index in [1.54, 1.807) is 11.3 Å². The second-order valence-electron chi connectivity index (χ2n) is 5.34. The first-order chi connectivity index (χ1) is 9.92. The van der Waals surface area contributed by atoms with E-state index >= 15 is 0 Å². The van der Waals surface area contributed by atoms with Crippen LogP contribution in [0, 0.1) is 0 Å². The number of alkyl halides is 3. The molecule has 0 radical (unpaired) electrons. The summed E-state index contributed by atoms with van der Waals surface area (Å²) in [5.41, 5.74) is 0.947. The van der Waals surface area contributed by atoms with Crippen LogP contribution in [-0.4, -0.2) is 48.3 Å². The van der Waals surface area contributed by atoms with Crippen molar-refractivity contribution in [1.29, 1.82) is 0 Å². The SMILES string of the molecule is CC1CN(c2nc3ccccc3s2)CCN1CC(F)(F)F. The van der Waals surface area contributed by atoms with Crippen molar-refractivity contribution in [3.05, 3.63) is 24.3 Å². The van der Waals surface area contributed by atoms with E-state index < -0.39 is 12.7 Å². The third-order valence-electron chi connectivity index (χ3n) is 3.70. The Morgan fingerprint density at radius 2 is 2.05 bits per heavy atom. The molecule has 1 atom stereocenters. The van der Waals surface area contributed by atoms with Crippen LogP contribution in [0.4, 0.5) is 18.3 Å². The lowest BCUT2D eigenvalue weighted by Gasteiger charge is -2.39. The molecule has 0 aliphatic carbocycles. The maximum atomic E-state index is 12.5. The monoisotopic (exact) mass is 315 g/mol. The summed E-state index contributed by atoms with van der Waals surface area (Å²) < 4.78 is 38.6. The number of halogens is 3. The summed E-state index contributed by atoms with van der Waals surface area (Å²) >= 11 is 1.59. The van der Waals surface area contributed by atoms with E-state index in [1.165, 1.54) is 4.90 Å². The first-order valence-electron chi connectivity index (χ1n) is 6.84. The van der Waals surface area contributed by atoms with Crippen LogP contribution in [0.3, 0.4) is 0 Å². The number of piperazine rings is 1. The Morgan fingerprint density at radius 3 is 2.71 bits per heavy atom. The van der Waals surface area contributed by atoms with E-state index in [1.807, 2.05) is 31.2 Å². The van der Waals surface area contributed by atoms with Gasteiger partial charge in [-0.3, -0.25) is 4.90 Å². The Hall–Kier alpha value is -1.34. The molecule has 0 bridgehead atoms. The fraction of sp³-hybridized carbons (Fsp3) is 0.500. The van der Waals surface area contributed by atoms with Crippen LogP contribution < -0.4 is 4.90 Å². The van der Waals surface area contributed by atoms with Crippen LogP contribution >= 0.6 is 11.3 Å². The van der Waals surface area contributed by atoms with Crippen molar-refractivity contribution >= 4 is 26.7 Å². The number of thiazole rings is 1. The summed E-state index contributed by atoms with van der Waals surface area (Å²) in [7, 11) is 0. The molecule has 1 aliphatic heterocycles. The highest BCUT2D eigenvalue weighted by molar-refractivity contribution is 7.22. The summed E-state index contributed by atoms with van der Waals surface area (Å²) in [5.74, 6) is 0. The number of hydrogen-bond donors (Lipinski definition) is 0. The molecule has 1 saturated heterocycles. The van der Waals surface area contributed by atoms with Crippen molar-refractivity contribution in [2.24, 2.45) is 0 Å². The lowest BCUT2D eigenvalue weighted by molar-refractivity contribution is -0.150. The molecule has 0 amide bonds. The van der Waals surface area contributed by atoms with E-state index in [0.29, 0.717) is 19.6 Å². The number of para-hydroxylation sites is 1.